The van der Waals surface area contributed by atoms with E-state index in [1.807, 2.05) is 0 Å². The van der Waals surface area contributed by atoms with E-state index >= 15 is 0 Å². The molecule has 2 nitrogen and oxygen atoms in total. The maximum atomic E-state index is 13.9. The number of hydrogen-bond donors (Lipinski definition) is 0. The number of aryl methyl sites for hydroxylation is 1. The molecule has 112 valence electrons. The van der Waals surface area contributed by atoms with E-state index in [2.05, 4.69) is 0 Å². The molecule has 1 aromatic carbocycles. The predicted octanol–water partition coefficient (Wildman–Crippen LogP) is 4.07. The van der Waals surface area contributed by atoms with Crippen LogP contribution >= 0.6 is 11.6 Å². The summed E-state index contributed by atoms with van der Waals surface area (Å²) >= 11 is 5.45. The van der Waals surface area contributed by atoms with Crippen molar-refractivity contribution < 1.29 is 22.4 Å². The van der Waals surface area contributed by atoms with Gasteiger partial charge in [-0.3, -0.25) is 4.79 Å². The van der Waals surface area contributed by atoms with Crippen LogP contribution < -0.4 is 0 Å². The normalized spacial score (nSPS) is 11.0. The molecule has 2 aromatic rings. The largest absolute Gasteiger partial charge is 0.312 e. The van der Waals surface area contributed by atoms with E-state index in [0.717, 1.165) is 4.57 Å². The number of Topliss-reactive ketones (excluding diaryl/α,β-unsaturated/α-hetero) is 1. The van der Waals surface area contributed by atoms with Crippen LogP contribution in [0.5, 0.6) is 0 Å². The summed E-state index contributed by atoms with van der Waals surface area (Å²) in [4.78, 5) is 11.7. The van der Waals surface area contributed by atoms with Crippen LogP contribution in [-0.2, 0) is 0 Å². The van der Waals surface area contributed by atoms with Gasteiger partial charge in [0.15, 0.2) is 29.1 Å². The van der Waals surface area contributed by atoms with Gasteiger partial charge in [-0.15, -0.1) is 11.6 Å². The molecule has 0 aliphatic heterocycles. The molecular formula is C14H10ClF4NO. The fourth-order valence-corrected chi connectivity index (χ4v) is 2.36. The van der Waals surface area contributed by atoms with E-state index in [0.29, 0.717) is 0 Å². The molecule has 0 fully saturated rings. The lowest BCUT2D eigenvalue weighted by atomic mass is 10.2. The Morgan fingerprint density at radius 1 is 1.10 bits per heavy atom. The Kier molecular flexibility index (Phi) is 4.09. The van der Waals surface area contributed by atoms with Crippen molar-refractivity contribution in [1.82, 2.24) is 4.57 Å². The fourth-order valence-electron chi connectivity index (χ4n) is 2.22. The van der Waals surface area contributed by atoms with Crippen molar-refractivity contribution >= 4 is 17.4 Å². The lowest BCUT2D eigenvalue weighted by Gasteiger charge is -2.13. The minimum absolute atomic E-state index is 0.132. The maximum Gasteiger partial charge on any atom is 0.186 e. The van der Waals surface area contributed by atoms with Crippen molar-refractivity contribution in [3.05, 3.63) is 52.4 Å². The average Bonchev–Trinajstić information content (AvgIpc) is 2.73. The number of halogens is 5. The molecule has 0 bridgehead atoms. The van der Waals surface area contributed by atoms with Crippen LogP contribution in [0.25, 0.3) is 5.69 Å². The van der Waals surface area contributed by atoms with Crippen LogP contribution in [0.4, 0.5) is 17.6 Å². The third-order valence-electron chi connectivity index (χ3n) is 3.17. The summed E-state index contributed by atoms with van der Waals surface area (Å²) in [5.41, 5.74) is -0.341. The van der Waals surface area contributed by atoms with Crippen LogP contribution in [-0.4, -0.2) is 16.2 Å². The van der Waals surface area contributed by atoms with Crippen LogP contribution in [0.15, 0.2) is 12.1 Å². The van der Waals surface area contributed by atoms with Crippen molar-refractivity contribution in [3.63, 3.8) is 0 Å². The van der Waals surface area contributed by atoms with Gasteiger partial charge >= 0.3 is 0 Å². The molecule has 1 heterocycles. The molecule has 0 unspecified atom stereocenters. The van der Waals surface area contributed by atoms with Gasteiger partial charge < -0.3 is 4.57 Å². The molecule has 0 saturated carbocycles. The average molecular weight is 320 g/mol. The minimum Gasteiger partial charge on any atom is -0.312 e. The van der Waals surface area contributed by atoms with E-state index in [1.165, 1.54) is 19.9 Å². The van der Waals surface area contributed by atoms with E-state index in [4.69, 9.17) is 11.6 Å². The smallest absolute Gasteiger partial charge is 0.186 e. The summed E-state index contributed by atoms with van der Waals surface area (Å²) in [6.07, 6.45) is 0. The predicted molar refractivity (Wildman–Crippen MR) is 70.1 cm³/mol. The number of nitrogens with zero attached hydrogens (tertiary/aromatic N) is 1. The Bertz CT molecular complexity index is 713. The number of alkyl halides is 1. The van der Waals surface area contributed by atoms with E-state index in [1.54, 1.807) is 0 Å². The van der Waals surface area contributed by atoms with E-state index in [9.17, 15) is 22.4 Å². The summed E-state index contributed by atoms with van der Waals surface area (Å²) in [7, 11) is 0. The second kappa shape index (κ2) is 5.52. The molecule has 0 amide bonds. The zero-order valence-electron chi connectivity index (χ0n) is 11.1. The standard InChI is InChI=1S/C14H10ClF4NO/c1-6-3-8(11(21)5-15)7(2)20(6)14-12(18)9(16)4-10(17)13(14)19/h3-4H,5H2,1-2H3. The topological polar surface area (TPSA) is 22.0 Å². The molecule has 7 heteroatoms. The van der Waals surface area contributed by atoms with Gasteiger partial charge in [-0.05, 0) is 19.9 Å². The molecule has 0 saturated heterocycles. The number of carbonyl (C=O) groups is 1. The molecule has 0 aliphatic rings. The number of ketones is 1. The Hall–Kier alpha value is -1.82. The molecule has 0 aliphatic carbocycles. The Morgan fingerprint density at radius 3 is 2.10 bits per heavy atom. The fraction of sp³-hybridized carbons (Fsp3) is 0.214. The van der Waals surface area contributed by atoms with Crippen molar-refractivity contribution in [2.45, 2.75) is 13.8 Å². The van der Waals surface area contributed by atoms with Crippen molar-refractivity contribution in [2.75, 3.05) is 5.88 Å². The first kappa shape index (κ1) is 15.6. The molecule has 2 rings (SSSR count). The Balaban J connectivity index is 2.80. The number of hydrogen-bond acceptors (Lipinski definition) is 1. The number of rotatable bonds is 3. The van der Waals surface area contributed by atoms with Crippen LogP contribution in [0.1, 0.15) is 21.7 Å². The number of benzene rings is 1. The molecular weight excluding hydrogens is 310 g/mol. The zero-order valence-corrected chi connectivity index (χ0v) is 11.9. The van der Waals surface area contributed by atoms with Gasteiger partial charge in [0.2, 0.25) is 0 Å². The molecule has 0 atom stereocenters. The van der Waals surface area contributed by atoms with Crippen LogP contribution in [0.3, 0.4) is 0 Å². The lowest BCUT2D eigenvalue weighted by Crippen LogP contribution is -2.10. The minimum atomic E-state index is -1.53. The highest BCUT2D eigenvalue weighted by molar-refractivity contribution is 6.30. The van der Waals surface area contributed by atoms with Crippen molar-refractivity contribution in [1.29, 1.82) is 0 Å². The van der Waals surface area contributed by atoms with Gasteiger partial charge in [0.1, 0.15) is 5.69 Å². The second-order valence-electron chi connectivity index (χ2n) is 4.49. The number of aromatic nitrogens is 1. The molecule has 1 aromatic heterocycles. The van der Waals surface area contributed by atoms with Gasteiger partial charge in [-0.25, -0.2) is 17.6 Å². The summed E-state index contributed by atoms with van der Waals surface area (Å²) in [6, 6.07) is 1.49. The highest BCUT2D eigenvalue weighted by atomic mass is 35.5. The monoisotopic (exact) mass is 319 g/mol. The van der Waals surface area contributed by atoms with Gasteiger partial charge in [0.25, 0.3) is 0 Å². The van der Waals surface area contributed by atoms with Gasteiger partial charge in [-0.2, -0.15) is 0 Å². The third kappa shape index (κ3) is 2.44. The van der Waals surface area contributed by atoms with Gasteiger partial charge in [0.05, 0.1) is 5.88 Å². The van der Waals surface area contributed by atoms with Crippen LogP contribution in [0, 0.1) is 37.1 Å². The first-order chi connectivity index (χ1) is 9.79. The number of carbonyl (C=O) groups excluding carboxylic acids is 1. The maximum absolute atomic E-state index is 13.9. The molecule has 0 N–H and O–H groups in total. The summed E-state index contributed by atoms with van der Waals surface area (Å²) < 4.78 is 55.3. The first-order valence-corrected chi connectivity index (χ1v) is 6.44. The SMILES string of the molecule is Cc1cc(C(=O)CCl)c(C)n1-c1c(F)c(F)cc(F)c1F. The third-order valence-corrected chi connectivity index (χ3v) is 3.41. The summed E-state index contributed by atoms with van der Waals surface area (Å²) in [5, 5.41) is 0. The quantitative estimate of drug-likeness (QED) is 0.362. The van der Waals surface area contributed by atoms with E-state index in [-0.39, 0.29) is 28.9 Å². The summed E-state index contributed by atoms with van der Waals surface area (Å²) in [6.45, 7) is 2.87. The molecule has 0 radical (unpaired) electrons. The van der Waals surface area contributed by atoms with Gasteiger partial charge in [-0.1, -0.05) is 0 Å². The zero-order chi connectivity index (χ0) is 15.9. The summed E-state index contributed by atoms with van der Waals surface area (Å²) in [5.74, 6) is -6.84. The highest BCUT2D eigenvalue weighted by Gasteiger charge is 2.25. The van der Waals surface area contributed by atoms with Gasteiger partial charge in [0, 0.05) is 23.0 Å². The van der Waals surface area contributed by atoms with E-state index < -0.39 is 34.7 Å². The highest BCUT2D eigenvalue weighted by Crippen LogP contribution is 2.28. The van der Waals surface area contributed by atoms with Crippen molar-refractivity contribution in [3.8, 4) is 5.69 Å². The first-order valence-electron chi connectivity index (χ1n) is 5.91. The Morgan fingerprint density at radius 2 is 1.62 bits per heavy atom. The molecule has 0 spiro atoms. The van der Waals surface area contributed by atoms with Crippen molar-refractivity contribution in [2.24, 2.45) is 0 Å². The second-order valence-corrected chi connectivity index (χ2v) is 4.76. The lowest BCUT2D eigenvalue weighted by molar-refractivity contribution is 0.102. The Labute approximate surface area is 122 Å². The molecule has 21 heavy (non-hydrogen) atoms. The van der Waals surface area contributed by atoms with Crippen LogP contribution in [0.2, 0.25) is 0 Å².